The first-order chi connectivity index (χ1) is 5.66. The van der Waals surface area contributed by atoms with E-state index in [4.69, 9.17) is 16.7 Å². The Kier molecular flexibility index (Phi) is 3.08. The fraction of sp³-hybridized carbons (Fsp3) is 0.571. The highest BCUT2D eigenvalue weighted by Crippen LogP contribution is 2.23. The van der Waals surface area contributed by atoms with Crippen molar-refractivity contribution >= 4 is 11.6 Å². The summed E-state index contributed by atoms with van der Waals surface area (Å²) in [5.41, 5.74) is 0.547. The molecule has 1 heterocycles. The normalized spacial score (nSPS) is 13.3. The van der Waals surface area contributed by atoms with E-state index < -0.39 is 6.10 Å². The van der Waals surface area contributed by atoms with Crippen LogP contribution >= 0.6 is 11.6 Å². The van der Waals surface area contributed by atoms with E-state index in [1.165, 1.54) is 10.9 Å². The van der Waals surface area contributed by atoms with Crippen molar-refractivity contribution in [3.05, 3.63) is 16.9 Å². The Morgan fingerprint density at radius 3 is 2.83 bits per heavy atom. The number of nitrogens with zero attached hydrogens (tertiary/aromatic N) is 2. The predicted molar refractivity (Wildman–Crippen MR) is 44.9 cm³/mol. The molecule has 0 amide bonds. The zero-order valence-corrected chi connectivity index (χ0v) is 7.49. The van der Waals surface area contributed by atoms with Crippen LogP contribution in [0.1, 0.15) is 18.2 Å². The SMILES string of the molecule is Cn1ncc(Cl)c1[C@H](O)CCO. The van der Waals surface area contributed by atoms with E-state index in [2.05, 4.69) is 5.10 Å². The fourth-order valence-electron chi connectivity index (χ4n) is 1.05. The quantitative estimate of drug-likeness (QED) is 0.730. The van der Waals surface area contributed by atoms with Crippen LogP contribution in [-0.4, -0.2) is 26.6 Å². The van der Waals surface area contributed by atoms with Crippen LogP contribution in [0.2, 0.25) is 5.02 Å². The van der Waals surface area contributed by atoms with E-state index >= 15 is 0 Å². The summed E-state index contributed by atoms with van der Waals surface area (Å²) in [6.45, 7) is -0.0668. The van der Waals surface area contributed by atoms with E-state index in [0.29, 0.717) is 10.7 Å². The maximum absolute atomic E-state index is 9.47. The largest absolute Gasteiger partial charge is 0.396 e. The Bertz CT molecular complexity index is 242. The summed E-state index contributed by atoms with van der Waals surface area (Å²) in [5.74, 6) is 0. The number of aryl methyl sites for hydroxylation is 1. The number of hydrogen-bond donors (Lipinski definition) is 2. The molecule has 4 nitrogen and oxygen atoms in total. The van der Waals surface area contributed by atoms with Gasteiger partial charge in [0.05, 0.1) is 23.0 Å². The van der Waals surface area contributed by atoms with Crippen molar-refractivity contribution in [3.63, 3.8) is 0 Å². The van der Waals surface area contributed by atoms with Gasteiger partial charge in [0, 0.05) is 20.1 Å². The van der Waals surface area contributed by atoms with Crippen LogP contribution in [0.4, 0.5) is 0 Å². The lowest BCUT2D eigenvalue weighted by Gasteiger charge is -2.09. The first-order valence-corrected chi connectivity index (χ1v) is 4.01. The molecule has 0 radical (unpaired) electrons. The molecule has 2 N–H and O–H groups in total. The number of rotatable bonds is 3. The molecule has 0 saturated carbocycles. The molecule has 1 rings (SSSR count). The second kappa shape index (κ2) is 3.89. The molecule has 0 aliphatic rings. The van der Waals surface area contributed by atoms with Crippen LogP contribution < -0.4 is 0 Å². The number of aliphatic hydroxyl groups excluding tert-OH is 2. The van der Waals surface area contributed by atoms with Gasteiger partial charge in [0.15, 0.2) is 0 Å². The first-order valence-electron chi connectivity index (χ1n) is 3.63. The lowest BCUT2D eigenvalue weighted by Crippen LogP contribution is -2.07. The number of hydrogen-bond acceptors (Lipinski definition) is 3. The van der Waals surface area contributed by atoms with E-state index in [0.717, 1.165) is 0 Å². The molecule has 0 aromatic carbocycles. The molecule has 1 atom stereocenters. The molecule has 1 aromatic rings. The van der Waals surface area contributed by atoms with E-state index in [-0.39, 0.29) is 13.0 Å². The Labute approximate surface area is 75.4 Å². The highest BCUT2D eigenvalue weighted by molar-refractivity contribution is 6.31. The monoisotopic (exact) mass is 190 g/mol. The van der Waals surface area contributed by atoms with Crippen molar-refractivity contribution in [2.24, 2.45) is 7.05 Å². The van der Waals surface area contributed by atoms with Gasteiger partial charge in [0.2, 0.25) is 0 Å². The van der Waals surface area contributed by atoms with Crippen LogP contribution in [-0.2, 0) is 7.05 Å². The summed E-state index contributed by atoms with van der Waals surface area (Å²) < 4.78 is 1.50. The fourth-order valence-corrected chi connectivity index (χ4v) is 1.35. The first kappa shape index (κ1) is 9.51. The molecule has 68 valence electrons. The minimum absolute atomic E-state index is 0.0668. The third-order valence-electron chi connectivity index (χ3n) is 1.66. The minimum atomic E-state index is -0.741. The van der Waals surface area contributed by atoms with Crippen molar-refractivity contribution in [1.29, 1.82) is 0 Å². The standard InChI is InChI=1S/C7H11ClN2O2/c1-10-7(5(8)4-9-10)6(12)2-3-11/h4,6,11-12H,2-3H2,1H3/t6-/m1/s1. The summed E-state index contributed by atoms with van der Waals surface area (Å²) in [7, 11) is 1.70. The molecular weight excluding hydrogens is 180 g/mol. The number of aliphatic hydroxyl groups is 2. The lowest BCUT2D eigenvalue weighted by atomic mass is 10.2. The third-order valence-corrected chi connectivity index (χ3v) is 1.95. The Hall–Kier alpha value is -0.580. The van der Waals surface area contributed by atoms with Crippen LogP contribution in [0, 0.1) is 0 Å². The highest BCUT2D eigenvalue weighted by atomic mass is 35.5. The van der Waals surface area contributed by atoms with Gasteiger partial charge in [-0.2, -0.15) is 5.10 Å². The van der Waals surface area contributed by atoms with Crippen LogP contribution in [0.15, 0.2) is 6.20 Å². The molecular formula is C7H11ClN2O2. The Morgan fingerprint density at radius 1 is 1.75 bits per heavy atom. The molecule has 0 aliphatic carbocycles. The van der Waals surface area contributed by atoms with Gasteiger partial charge in [-0.1, -0.05) is 11.6 Å². The van der Waals surface area contributed by atoms with E-state index in [1.54, 1.807) is 7.05 Å². The van der Waals surface area contributed by atoms with Crippen LogP contribution in [0.3, 0.4) is 0 Å². The molecule has 12 heavy (non-hydrogen) atoms. The van der Waals surface area contributed by atoms with Gasteiger partial charge in [-0.15, -0.1) is 0 Å². The number of halogens is 1. The van der Waals surface area contributed by atoms with Gasteiger partial charge in [0.25, 0.3) is 0 Å². The maximum atomic E-state index is 9.47. The summed E-state index contributed by atoms with van der Waals surface area (Å²) in [6.07, 6.45) is 1.01. The molecule has 0 aliphatic heterocycles. The van der Waals surface area contributed by atoms with Gasteiger partial charge in [-0.25, -0.2) is 0 Å². The number of aromatic nitrogens is 2. The zero-order valence-electron chi connectivity index (χ0n) is 6.74. The molecule has 1 aromatic heterocycles. The molecule has 0 unspecified atom stereocenters. The Morgan fingerprint density at radius 2 is 2.42 bits per heavy atom. The second-order valence-corrected chi connectivity index (χ2v) is 2.94. The lowest BCUT2D eigenvalue weighted by molar-refractivity contribution is 0.127. The maximum Gasteiger partial charge on any atom is 0.0993 e. The van der Waals surface area contributed by atoms with Crippen molar-refractivity contribution in [3.8, 4) is 0 Å². The van der Waals surface area contributed by atoms with Gasteiger partial charge < -0.3 is 10.2 Å². The average Bonchev–Trinajstić information content (AvgIpc) is 2.32. The average molecular weight is 191 g/mol. The van der Waals surface area contributed by atoms with Gasteiger partial charge >= 0.3 is 0 Å². The van der Waals surface area contributed by atoms with Crippen molar-refractivity contribution in [2.75, 3.05) is 6.61 Å². The van der Waals surface area contributed by atoms with Crippen molar-refractivity contribution in [1.82, 2.24) is 9.78 Å². The molecule has 0 fully saturated rings. The predicted octanol–water partition coefficient (Wildman–Crippen LogP) is 0.489. The van der Waals surface area contributed by atoms with E-state index in [1.807, 2.05) is 0 Å². The molecule has 0 spiro atoms. The van der Waals surface area contributed by atoms with Crippen LogP contribution in [0.25, 0.3) is 0 Å². The van der Waals surface area contributed by atoms with Crippen molar-refractivity contribution < 1.29 is 10.2 Å². The third kappa shape index (κ3) is 1.77. The van der Waals surface area contributed by atoms with Crippen molar-refractivity contribution in [2.45, 2.75) is 12.5 Å². The topological polar surface area (TPSA) is 58.3 Å². The molecule has 0 bridgehead atoms. The Balaban J connectivity index is 2.85. The second-order valence-electron chi connectivity index (χ2n) is 2.53. The summed E-state index contributed by atoms with van der Waals surface area (Å²) in [6, 6.07) is 0. The van der Waals surface area contributed by atoms with Gasteiger partial charge in [-0.05, 0) is 0 Å². The summed E-state index contributed by atoms with van der Waals surface area (Å²) in [5, 5.41) is 22.3. The van der Waals surface area contributed by atoms with E-state index in [9.17, 15) is 5.11 Å². The molecule has 5 heteroatoms. The summed E-state index contributed by atoms with van der Waals surface area (Å²) in [4.78, 5) is 0. The smallest absolute Gasteiger partial charge is 0.0993 e. The zero-order chi connectivity index (χ0) is 9.14. The highest BCUT2D eigenvalue weighted by Gasteiger charge is 2.15. The van der Waals surface area contributed by atoms with Crippen LogP contribution in [0.5, 0.6) is 0 Å². The van der Waals surface area contributed by atoms with Gasteiger partial charge in [0.1, 0.15) is 0 Å². The summed E-state index contributed by atoms with van der Waals surface area (Å²) >= 11 is 5.75. The molecule has 0 saturated heterocycles. The van der Waals surface area contributed by atoms with Gasteiger partial charge in [-0.3, -0.25) is 4.68 Å². The minimum Gasteiger partial charge on any atom is -0.396 e.